The van der Waals surface area contributed by atoms with Gasteiger partial charge in [-0.2, -0.15) is 0 Å². The zero-order valence-electron chi connectivity index (χ0n) is 14.1. The number of aromatic nitrogens is 1. The SMILES string of the molecule is Cc1nc(C(C)N2CCOC(C)(C)C2)oc1-c1ccc(Cl)cc1. The molecular weight excluding hydrogens is 312 g/mol. The molecule has 23 heavy (non-hydrogen) atoms. The van der Waals surface area contributed by atoms with Crippen molar-refractivity contribution < 1.29 is 9.15 Å². The van der Waals surface area contributed by atoms with Gasteiger partial charge >= 0.3 is 0 Å². The van der Waals surface area contributed by atoms with Gasteiger partial charge < -0.3 is 9.15 Å². The zero-order chi connectivity index (χ0) is 16.6. The minimum absolute atomic E-state index is 0.123. The summed E-state index contributed by atoms with van der Waals surface area (Å²) >= 11 is 5.96. The van der Waals surface area contributed by atoms with Crippen LogP contribution >= 0.6 is 11.6 Å². The average Bonchev–Trinajstić information content (AvgIpc) is 2.88. The number of halogens is 1. The lowest BCUT2D eigenvalue weighted by molar-refractivity contribution is -0.0979. The zero-order valence-corrected chi connectivity index (χ0v) is 14.9. The fourth-order valence-corrected chi connectivity index (χ4v) is 3.13. The van der Waals surface area contributed by atoms with Crippen molar-refractivity contribution in [1.29, 1.82) is 0 Å². The molecule has 0 aliphatic carbocycles. The van der Waals surface area contributed by atoms with Crippen molar-refractivity contribution >= 4 is 11.6 Å². The molecule has 124 valence electrons. The third-order valence-corrected chi connectivity index (χ3v) is 4.53. The van der Waals surface area contributed by atoms with E-state index >= 15 is 0 Å². The molecule has 3 rings (SSSR count). The minimum atomic E-state index is -0.132. The van der Waals surface area contributed by atoms with Crippen molar-refractivity contribution in [1.82, 2.24) is 9.88 Å². The monoisotopic (exact) mass is 334 g/mol. The Hall–Kier alpha value is -1.36. The lowest BCUT2D eigenvalue weighted by Gasteiger charge is -2.40. The molecule has 0 N–H and O–H groups in total. The summed E-state index contributed by atoms with van der Waals surface area (Å²) in [6.07, 6.45) is 0. The van der Waals surface area contributed by atoms with Crippen molar-refractivity contribution in [2.24, 2.45) is 0 Å². The Morgan fingerprint density at radius 3 is 2.61 bits per heavy atom. The molecule has 1 aliphatic heterocycles. The van der Waals surface area contributed by atoms with Gasteiger partial charge in [-0.15, -0.1) is 0 Å². The van der Waals surface area contributed by atoms with Crippen LogP contribution in [-0.2, 0) is 4.74 Å². The van der Waals surface area contributed by atoms with Crippen LogP contribution in [0.4, 0.5) is 0 Å². The van der Waals surface area contributed by atoms with Gasteiger partial charge in [0.25, 0.3) is 0 Å². The van der Waals surface area contributed by atoms with Gasteiger partial charge in [-0.3, -0.25) is 4.90 Å². The van der Waals surface area contributed by atoms with Gasteiger partial charge in [0.15, 0.2) is 5.76 Å². The highest BCUT2D eigenvalue weighted by atomic mass is 35.5. The molecule has 0 radical (unpaired) electrons. The summed E-state index contributed by atoms with van der Waals surface area (Å²) in [5, 5.41) is 0.718. The Balaban J connectivity index is 1.84. The van der Waals surface area contributed by atoms with Crippen LogP contribution in [0.5, 0.6) is 0 Å². The topological polar surface area (TPSA) is 38.5 Å². The molecule has 0 spiro atoms. The summed E-state index contributed by atoms with van der Waals surface area (Å²) in [4.78, 5) is 7.01. The van der Waals surface area contributed by atoms with Gasteiger partial charge in [0, 0.05) is 23.7 Å². The highest BCUT2D eigenvalue weighted by Crippen LogP contribution is 2.31. The molecule has 2 heterocycles. The van der Waals surface area contributed by atoms with E-state index in [0.717, 1.165) is 47.6 Å². The van der Waals surface area contributed by atoms with Crippen LogP contribution in [0.3, 0.4) is 0 Å². The summed E-state index contributed by atoms with van der Waals surface area (Å²) < 4.78 is 11.9. The van der Waals surface area contributed by atoms with E-state index in [1.807, 2.05) is 31.2 Å². The highest BCUT2D eigenvalue weighted by molar-refractivity contribution is 6.30. The maximum Gasteiger partial charge on any atom is 0.212 e. The molecule has 1 aromatic carbocycles. The molecule has 0 saturated carbocycles. The van der Waals surface area contributed by atoms with Crippen molar-refractivity contribution in [2.45, 2.75) is 39.3 Å². The molecule has 5 heteroatoms. The van der Waals surface area contributed by atoms with Crippen molar-refractivity contribution in [3.8, 4) is 11.3 Å². The van der Waals surface area contributed by atoms with Crippen LogP contribution in [0.1, 0.15) is 38.4 Å². The Labute approximate surface area is 142 Å². The predicted octanol–water partition coefficient (Wildman–Crippen LogP) is 4.48. The fourth-order valence-electron chi connectivity index (χ4n) is 3.00. The second-order valence-electron chi connectivity index (χ2n) is 6.73. The number of hydrogen-bond donors (Lipinski definition) is 0. The van der Waals surface area contributed by atoms with Crippen LogP contribution in [0.2, 0.25) is 5.02 Å². The van der Waals surface area contributed by atoms with E-state index in [2.05, 4.69) is 30.7 Å². The van der Waals surface area contributed by atoms with Crippen molar-refractivity contribution in [3.05, 3.63) is 40.9 Å². The number of oxazole rings is 1. The molecule has 2 aromatic rings. The van der Waals surface area contributed by atoms with E-state index in [0.29, 0.717) is 0 Å². The summed E-state index contributed by atoms with van der Waals surface area (Å²) in [5.41, 5.74) is 1.77. The van der Waals surface area contributed by atoms with Gasteiger partial charge in [0.2, 0.25) is 5.89 Å². The van der Waals surface area contributed by atoms with Gasteiger partial charge in [-0.05, 0) is 52.0 Å². The maximum absolute atomic E-state index is 6.09. The fraction of sp³-hybridized carbons (Fsp3) is 0.500. The second-order valence-corrected chi connectivity index (χ2v) is 7.16. The second kappa shape index (κ2) is 6.27. The molecule has 0 amide bonds. The summed E-state index contributed by atoms with van der Waals surface area (Å²) in [5.74, 6) is 1.57. The quantitative estimate of drug-likeness (QED) is 0.829. The number of hydrogen-bond acceptors (Lipinski definition) is 4. The number of benzene rings is 1. The standard InChI is InChI=1S/C18H23ClN2O2/c1-12-16(14-5-7-15(19)8-6-14)23-17(20-12)13(2)21-9-10-22-18(3,4)11-21/h5-8,13H,9-11H2,1-4H3. The summed E-state index contributed by atoms with van der Waals surface area (Å²) in [6, 6.07) is 7.78. The first-order chi connectivity index (χ1) is 10.9. The van der Waals surface area contributed by atoms with Gasteiger partial charge in [-0.1, -0.05) is 11.6 Å². The molecule has 1 saturated heterocycles. The van der Waals surface area contributed by atoms with Gasteiger partial charge in [0.1, 0.15) is 0 Å². The average molecular weight is 335 g/mol. The smallest absolute Gasteiger partial charge is 0.212 e. The van der Waals surface area contributed by atoms with Crippen LogP contribution in [0.25, 0.3) is 11.3 Å². The van der Waals surface area contributed by atoms with Crippen molar-refractivity contribution in [2.75, 3.05) is 19.7 Å². The molecular formula is C18H23ClN2O2. The third-order valence-electron chi connectivity index (χ3n) is 4.28. The minimum Gasteiger partial charge on any atom is -0.439 e. The van der Waals surface area contributed by atoms with E-state index < -0.39 is 0 Å². The molecule has 1 unspecified atom stereocenters. The summed E-state index contributed by atoms with van der Waals surface area (Å²) in [7, 11) is 0. The van der Waals surface area contributed by atoms with Crippen LogP contribution in [-0.4, -0.2) is 35.2 Å². The van der Waals surface area contributed by atoms with E-state index in [1.54, 1.807) is 0 Å². The number of ether oxygens (including phenoxy) is 1. The van der Waals surface area contributed by atoms with E-state index in [9.17, 15) is 0 Å². The number of aryl methyl sites for hydroxylation is 1. The normalized spacial score (nSPS) is 19.7. The van der Waals surface area contributed by atoms with Crippen LogP contribution in [0, 0.1) is 6.92 Å². The third kappa shape index (κ3) is 3.60. The Kier molecular flexibility index (Phi) is 4.50. The maximum atomic E-state index is 6.09. The first-order valence-corrected chi connectivity index (χ1v) is 8.35. The van der Waals surface area contributed by atoms with Gasteiger partial charge in [0.05, 0.1) is 23.9 Å². The molecule has 1 aliphatic rings. The van der Waals surface area contributed by atoms with Crippen molar-refractivity contribution in [3.63, 3.8) is 0 Å². The van der Waals surface area contributed by atoms with Crippen LogP contribution < -0.4 is 0 Å². The predicted molar refractivity (Wildman–Crippen MR) is 91.7 cm³/mol. The number of morpholine rings is 1. The lowest BCUT2D eigenvalue weighted by atomic mass is 10.1. The Bertz CT molecular complexity index is 679. The highest BCUT2D eigenvalue weighted by Gasteiger charge is 2.32. The van der Waals surface area contributed by atoms with E-state index in [1.165, 1.54) is 0 Å². The van der Waals surface area contributed by atoms with E-state index in [-0.39, 0.29) is 11.6 Å². The number of nitrogens with zero attached hydrogens (tertiary/aromatic N) is 2. The summed E-state index contributed by atoms with van der Waals surface area (Å²) in [6.45, 7) is 10.8. The molecule has 1 aromatic heterocycles. The van der Waals surface area contributed by atoms with Crippen LogP contribution in [0.15, 0.2) is 28.7 Å². The lowest BCUT2D eigenvalue weighted by Crippen LogP contribution is -2.49. The Morgan fingerprint density at radius 2 is 1.96 bits per heavy atom. The Morgan fingerprint density at radius 1 is 1.26 bits per heavy atom. The number of rotatable bonds is 3. The molecule has 4 nitrogen and oxygen atoms in total. The molecule has 0 bridgehead atoms. The molecule has 1 atom stereocenters. The largest absolute Gasteiger partial charge is 0.439 e. The van der Waals surface area contributed by atoms with Gasteiger partial charge in [-0.25, -0.2) is 4.98 Å². The first kappa shape index (κ1) is 16.5. The molecule has 1 fully saturated rings. The first-order valence-electron chi connectivity index (χ1n) is 7.97. The van der Waals surface area contributed by atoms with E-state index in [4.69, 9.17) is 20.8 Å².